The van der Waals surface area contributed by atoms with Gasteiger partial charge in [0.1, 0.15) is 0 Å². The number of anilines is 2. The second kappa shape index (κ2) is 4.89. The van der Waals surface area contributed by atoms with Gasteiger partial charge >= 0.3 is 0 Å². The summed E-state index contributed by atoms with van der Waals surface area (Å²) in [5.41, 5.74) is 8.92. The zero-order chi connectivity index (χ0) is 10.6. The van der Waals surface area contributed by atoms with Crippen LogP contribution in [0, 0.1) is 12.8 Å². The highest BCUT2D eigenvalue weighted by Crippen LogP contribution is 2.18. The zero-order valence-electron chi connectivity index (χ0n) is 9.30. The molecule has 0 aliphatic heterocycles. The zero-order valence-corrected chi connectivity index (χ0v) is 9.30. The fourth-order valence-electron chi connectivity index (χ4n) is 1.31. The Kier molecular flexibility index (Phi) is 3.81. The lowest BCUT2D eigenvalue weighted by molar-refractivity contribution is 0.593. The monoisotopic (exact) mass is 192 g/mol. The number of nitrogens with two attached hydrogens (primary N) is 1. The van der Waals surface area contributed by atoms with Crippen molar-refractivity contribution < 1.29 is 0 Å². The lowest BCUT2D eigenvalue weighted by atomic mass is 10.1. The molecule has 0 bridgehead atoms. The average Bonchev–Trinajstić information content (AvgIpc) is 2.16. The predicted molar refractivity (Wildman–Crippen MR) is 63.5 cm³/mol. The van der Waals surface area contributed by atoms with Gasteiger partial charge in [0.15, 0.2) is 0 Å². The van der Waals surface area contributed by atoms with Crippen molar-refractivity contribution in [2.24, 2.45) is 5.92 Å². The molecule has 0 aliphatic carbocycles. The summed E-state index contributed by atoms with van der Waals surface area (Å²) in [6.45, 7) is 7.57. The molecule has 0 saturated carbocycles. The van der Waals surface area contributed by atoms with Crippen LogP contribution in [0.15, 0.2) is 18.2 Å². The standard InChI is InChI=1S/C12H20N2/c1-4-9(2)8-14-12-6-5-11(13)7-10(12)3/h5-7,9,14H,4,8,13H2,1-3H3. The van der Waals surface area contributed by atoms with Crippen LogP contribution in [0.2, 0.25) is 0 Å². The number of nitrogen functional groups attached to an aromatic ring is 1. The van der Waals surface area contributed by atoms with Gasteiger partial charge in [-0.1, -0.05) is 20.3 Å². The molecule has 1 rings (SSSR count). The predicted octanol–water partition coefficient (Wildman–Crippen LogP) is 3.04. The minimum Gasteiger partial charge on any atom is -0.399 e. The van der Waals surface area contributed by atoms with Gasteiger partial charge in [-0.2, -0.15) is 0 Å². The van der Waals surface area contributed by atoms with Crippen LogP contribution in [0.1, 0.15) is 25.8 Å². The first kappa shape index (κ1) is 10.9. The average molecular weight is 192 g/mol. The van der Waals surface area contributed by atoms with Crippen molar-refractivity contribution in [1.82, 2.24) is 0 Å². The van der Waals surface area contributed by atoms with Crippen molar-refractivity contribution in [2.45, 2.75) is 27.2 Å². The second-order valence-electron chi connectivity index (χ2n) is 3.97. The molecular weight excluding hydrogens is 172 g/mol. The molecule has 1 aromatic rings. The van der Waals surface area contributed by atoms with E-state index in [0.29, 0.717) is 5.92 Å². The SMILES string of the molecule is CCC(C)CNc1ccc(N)cc1C. The van der Waals surface area contributed by atoms with Gasteiger partial charge in [0, 0.05) is 17.9 Å². The molecule has 2 nitrogen and oxygen atoms in total. The molecule has 78 valence electrons. The van der Waals surface area contributed by atoms with Crippen LogP contribution in [0.25, 0.3) is 0 Å². The molecule has 1 aromatic carbocycles. The van der Waals surface area contributed by atoms with Crippen LogP contribution in [0.4, 0.5) is 11.4 Å². The van der Waals surface area contributed by atoms with Gasteiger partial charge in [-0.3, -0.25) is 0 Å². The van der Waals surface area contributed by atoms with Crippen LogP contribution in [-0.4, -0.2) is 6.54 Å². The smallest absolute Gasteiger partial charge is 0.0371 e. The molecule has 3 N–H and O–H groups in total. The molecule has 0 saturated heterocycles. The third-order valence-corrected chi connectivity index (χ3v) is 2.59. The molecule has 0 spiro atoms. The van der Waals surface area contributed by atoms with Crippen molar-refractivity contribution in [3.8, 4) is 0 Å². The lowest BCUT2D eigenvalue weighted by Gasteiger charge is -2.13. The summed E-state index contributed by atoms with van der Waals surface area (Å²) in [5, 5.41) is 3.44. The third-order valence-electron chi connectivity index (χ3n) is 2.59. The van der Waals surface area contributed by atoms with E-state index in [2.05, 4.69) is 26.1 Å². The minimum atomic E-state index is 0.715. The normalized spacial score (nSPS) is 12.5. The molecule has 0 heterocycles. The van der Waals surface area contributed by atoms with E-state index in [9.17, 15) is 0 Å². The van der Waals surface area contributed by atoms with Gasteiger partial charge < -0.3 is 11.1 Å². The minimum absolute atomic E-state index is 0.715. The number of benzene rings is 1. The van der Waals surface area contributed by atoms with Gasteiger partial charge in [0.2, 0.25) is 0 Å². The number of hydrogen-bond acceptors (Lipinski definition) is 2. The van der Waals surface area contributed by atoms with Crippen LogP contribution in [0.5, 0.6) is 0 Å². The number of aryl methyl sites for hydroxylation is 1. The van der Waals surface area contributed by atoms with E-state index in [1.165, 1.54) is 17.7 Å². The van der Waals surface area contributed by atoms with Gasteiger partial charge in [-0.05, 0) is 36.6 Å². The Morgan fingerprint density at radius 2 is 2.14 bits per heavy atom. The van der Waals surface area contributed by atoms with E-state index in [0.717, 1.165) is 12.2 Å². The van der Waals surface area contributed by atoms with Crippen LogP contribution >= 0.6 is 0 Å². The molecule has 2 heteroatoms. The summed E-state index contributed by atoms with van der Waals surface area (Å²) < 4.78 is 0. The van der Waals surface area contributed by atoms with Crippen LogP contribution in [-0.2, 0) is 0 Å². The molecule has 0 aromatic heterocycles. The largest absolute Gasteiger partial charge is 0.399 e. The van der Waals surface area contributed by atoms with Crippen molar-refractivity contribution in [3.63, 3.8) is 0 Å². The molecule has 1 unspecified atom stereocenters. The maximum atomic E-state index is 5.68. The molecule has 0 fully saturated rings. The van der Waals surface area contributed by atoms with E-state index >= 15 is 0 Å². The molecule has 14 heavy (non-hydrogen) atoms. The first-order chi connectivity index (χ1) is 6.63. The molecule has 0 aliphatic rings. The summed E-state index contributed by atoms with van der Waals surface area (Å²) in [6.07, 6.45) is 1.21. The lowest BCUT2D eigenvalue weighted by Crippen LogP contribution is -2.11. The summed E-state index contributed by atoms with van der Waals surface area (Å²) >= 11 is 0. The van der Waals surface area contributed by atoms with Gasteiger partial charge in [0.25, 0.3) is 0 Å². The van der Waals surface area contributed by atoms with Crippen molar-refractivity contribution in [3.05, 3.63) is 23.8 Å². The van der Waals surface area contributed by atoms with Crippen molar-refractivity contribution in [2.75, 3.05) is 17.6 Å². The van der Waals surface area contributed by atoms with Crippen LogP contribution in [0.3, 0.4) is 0 Å². The number of hydrogen-bond donors (Lipinski definition) is 2. The maximum absolute atomic E-state index is 5.68. The fourth-order valence-corrected chi connectivity index (χ4v) is 1.31. The summed E-state index contributed by atoms with van der Waals surface area (Å²) in [7, 11) is 0. The highest BCUT2D eigenvalue weighted by atomic mass is 14.9. The molecule has 0 radical (unpaired) electrons. The Morgan fingerprint density at radius 1 is 1.43 bits per heavy atom. The Labute approximate surface area is 86.5 Å². The van der Waals surface area contributed by atoms with E-state index in [1.807, 2.05) is 18.2 Å². The molecular formula is C12H20N2. The number of rotatable bonds is 4. The first-order valence-electron chi connectivity index (χ1n) is 5.23. The highest BCUT2D eigenvalue weighted by molar-refractivity contribution is 5.57. The maximum Gasteiger partial charge on any atom is 0.0371 e. The van der Waals surface area contributed by atoms with Crippen molar-refractivity contribution in [1.29, 1.82) is 0 Å². The Hall–Kier alpha value is -1.18. The molecule has 0 amide bonds. The highest BCUT2D eigenvalue weighted by Gasteiger charge is 2.00. The number of nitrogens with one attached hydrogen (secondary N) is 1. The Morgan fingerprint density at radius 3 is 2.71 bits per heavy atom. The van der Waals surface area contributed by atoms with Gasteiger partial charge in [-0.25, -0.2) is 0 Å². The summed E-state index contributed by atoms with van der Waals surface area (Å²) in [5.74, 6) is 0.715. The van der Waals surface area contributed by atoms with Gasteiger partial charge in [-0.15, -0.1) is 0 Å². The fraction of sp³-hybridized carbons (Fsp3) is 0.500. The third kappa shape index (κ3) is 2.95. The molecule has 1 atom stereocenters. The van der Waals surface area contributed by atoms with E-state index in [-0.39, 0.29) is 0 Å². The van der Waals surface area contributed by atoms with Crippen LogP contribution < -0.4 is 11.1 Å². The summed E-state index contributed by atoms with van der Waals surface area (Å²) in [4.78, 5) is 0. The van der Waals surface area contributed by atoms with Crippen molar-refractivity contribution >= 4 is 11.4 Å². The first-order valence-corrected chi connectivity index (χ1v) is 5.23. The van der Waals surface area contributed by atoms with Gasteiger partial charge in [0.05, 0.1) is 0 Å². The van der Waals surface area contributed by atoms with E-state index < -0.39 is 0 Å². The quantitative estimate of drug-likeness (QED) is 0.720. The Balaban J connectivity index is 2.59. The Bertz CT molecular complexity index is 294. The topological polar surface area (TPSA) is 38.0 Å². The summed E-state index contributed by atoms with van der Waals surface area (Å²) in [6, 6.07) is 5.98. The second-order valence-corrected chi connectivity index (χ2v) is 3.97. The van der Waals surface area contributed by atoms with E-state index in [4.69, 9.17) is 5.73 Å². The van der Waals surface area contributed by atoms with E-state index in [1.54, 1.807) is 0 Å².